The largest absolute Gasteiger partial charge is 0.496 e. The van der Waals surface area contributed by atoms with E-state index in [2.05, 4.69) is 30.1 Å². The minimum Gasteiger partial charge on any atom is -0.496 e. The van der Waals surface area contributed by atoms with Crippen molar-refractivity contribution in [3.63, 3.8) is 0 Å². The summed E-state index contributed by atoms with van der Waals surface area (Å²) in [4.78, 5) is 2.20. The maximum atomic E-state index is 13.0. The molecule has 0 saturated heterocycles. The lowest BCUT2D eigenvalue weighted by Crippen LogP contribution is -2.23. The lowest BCUT2D eigenvalue weighted by atomic mass is 10.0. The molecule has 6 heteroatoms. The number of nitrogens with zero attached hydrogens (tertiary/aromatic N) is 1. The molecule has 3 aromatic rings. The smallest absolute Gasteiger partial charge is 0.126 e. The van der Waals surface area contributed by atoms with Gasteiger partial charge in [0.05, 0.1) is 7.11 Å². The van der Waals surface area contributed by atoms with Gasteiger partial charge in [0.15, 0.2) is 0 Å². The van der Waals surface area contributed by atoms with E-state index >= 15 is 0 Å². The predicted molar refractivity (Wildman–Crippen MR) is 116 cm³/mol. The van der Waals surface area contributed by atoms with Crippen molar-refractivity contribution in [1.82, 2.24) is 0 Å². The third-order valence-corrected chi connectivity index (χ3v) is 4.57. The second-order valence-corrected chi connectivity index (χ2v) is 6.20. The highest BCUT2D eigenvalue weighted by atomic mass is 35.5. The standard InChI is InChI=1S/C21H23FN2O.2ClH/c1-24(14-13-19(23)15-7-9-16(22)10-8-15)20-11-12-21(25-2)18-6-4-3-5-17(18)20;;/h3-12,19H,13-14,23H2,1-2H3;2*1H. The summed E-state index contributed by atoms with van der Waals surface area (Å²) in [5.41, 5.74) is 8.36. The summed E-state index contributed by atoms with van der Waals surface area (Å²) in [6, 6.07) is 18.6. The fraction of sp³-hybridized carbons (Fsp3) is 0.238. The Morgan fingerprint density at radius 2 is 1.59 bits per heavy atom. The Labute approximate surface area is 172 Å². The summed E-state index contributed by atoms with van der Waals surface area (Å²) < 4.78 is 18.5. The zero-order valence-electron chi connectivity index (χ0n) is 15.4. The number of ether oxygens (including phenoxy) is 1. The first-order chi connectivity index (χ1) is 12.1. The van der Waals surface area contributed by atoms with Crippen LogP contribution in [0.25, 0.3) is 10.8 Å². The summed E-state index contributed by atoms with van der Waals surface area (Å²) in [6.45, 7) is 0.800. The van der Waals surface area contributed by atoms with Crippen LogP contribution in [0.4, 0.5) is 10.1 Å². The number of hydrogen-bond acceptors (Lipinski definition) is 3. The number of nitrogens with two attached hydrogens (primary N) is 1. The van der Waals surface area contributed by atoms with E-state index in [0.717, 1.165) is 40.7 Å². The van der Waals surface area contributed by atoms with E-state index in [-0.39, 0.29) is 36.7 Å². The zero-order valence-corrected chi connectivity index (χ0v) is 17.0. The maximum absolute atomic E-state index is 13.0. The monoisotopic (exact) mass is 410 g/mol. The molecule has 0 aliphatic carbocycles. The van der Waals surface area contributed by atoms with Crippen molar-refractivity contribution in [3.8, 4) is 5.75 Å². The van der Waals surface area contributed by atoms with Crippen LogP contribution in [-0.2, 0) is 0 Å². The minimum atomic E-state index is -0.238. The first-order valence-corrected chi connectivity index (χ1v) is 8.38. The first kappa shape index (κ1) is 23.0. The van der Waals surface area contributed by atoms with Crippen molar-refractivity contribution in [2.45, 2.75) is 12.5 Å². The van der Waals surface area contributed by atoms with Gasteiger partial charge in [0.2, 0.25) is 0 Å². The minimum absolute atomic E-state index is 0. The van der Waals surface area contributed by atoms with Crippen molar-refractivity contribution in [2.24, 2.45) is 5.73 Å². The van der Waals surface area contributed by atoms with Gasteiger partial charge in [-0.05, 0) is 36.2 Å². The van der Waals surface area contributed by atoms with Gasteiger partial charge in [-0.2, -0.15) is 0 Å². The zero-order chi connectivity index (χ0) is 17.8. The molecule has 0 heterocycles. The Balaban J connectivity index is 0.00000182. The number of hydrogen-bond donors (Lipinski definition) is 1. The third-order valence-electron chi connectivity index (χ3n) is 4.57. The molecular formula is C21H25Cl2FN2O. The molecule has 0 spiro atoms. The predicted octanol–water partition coefficient (Wildman–Crippen LogP) is 5.36. The molecule has 0 amide bonds. The van der Waals surface area contributed by atoms with Crippen molar-refractivity contribution in [3.05, 3.63) is 72.0 Å². The fourth-order valence-electron chi connectivity index (χ4n) is 3.10. The van der Waals surface area contributed by atoms with Crippen LogP contribution in [0.2, 0.25) is 0 Å². The number of halogens is 3. The Morgan fingerprint density at radius 1 is 0.963 bits per heavy atom. The molecule has 1 unspecified atom stereocenters. The number of fused-ring (bicyclic) bond motifs is 1. The van der Waals surface area contributed by atoms with Crippen LogP contribution < -0.4 is 15.4 Å². The van der Waals surface area contributed by atoms with Crippen LogP contribution >= 0.6 is 24.8 Å². The molecule has 1 atom stereocenters. The highest BCUT2D eigenvalue weighted by Gasteiger charge is 2.12. The summed E-state index contributed by atoms with van der Waals surface area (Å²) in [5.74, 6) is 0.633. The molecule has 0 bridgehead atoms. The van der Waals surface area contributed by atoms with Crippen molar-refractivity contribution < 1.29 is 9.13 Å². The Hall–Kier alpha value is -2.01. The van der Waals surface area contributed by atoms with E-state index in [4.69, 9.17) is 10.5 Å². The number of methoxy groups -OCH3 is 1. The molecule has 0 aromatic heterocycles. The quantitative estimate of drug-likeness (QED) is 0.594. The molecule has 146 valence electrons. The van der Waals surface area contributed by atoms with Crippen molar-refractivity contribution in [2.75, 3.05) is 25.6 Å². The van der Waals surface area contributed by atoms with Crippen LogP contribution in [0, 0.1) is 5.82 Å². The van der Waals surface area contributed by atoms with Crippen LogP contribution in [0.3, 0.4) is 0 Å². The molecule has 2 N–H and O–H groups in total. The van der Waals surface area contributed by atoms with Gasteiger partial charge in [-0.15, -0.1) is 24.8 Å². The molecule has 0 aliphatic heterocycles. The van der Waals surface area contributed by atoms with Crippen LogP contribution in [0.15, 0.2) is 60.7 Å². The highest BCUT2D eigenvalue weighted by Crippen LogP contribution is 2.33. The lowest BCUT2D eigenvalue weighted by Gasteiger charge is -2.24. The SMILES string of the molecule is COc1ccc(N(C)CCC(N)c2ccc(F)cc2)c2ccccc12.Cl.Cl. The van der Waals surface area contributed by atoms with Crippen molar-refractivity contribution in [1.29, 1.82) is 0 Å². The van der Waals surface area contributed by atoms with E-state index in [0.29, 0.717) is 0 Å². The molecule has 3 rings (SSSR count). The van der Waals surface area contributed by atoms with Gasteiger partial charge < -0.3 is 15.4 Å². The van der Waals surface area contributed by atoms with Gasteiger partial charge in [-0.3, -0.25) is 0 Å². The highest BCUT2D eigenvalue weighted by molar-refractivity contribution is 5.98. The lowest BCUT2D eigenvalue weighted by molar-refractivity contribution is 0.420. The number of anilines is 1. The second kappa shape index (κ2) is 10.4. The first-order valence-electron chi connectivity index (χ1n) is 8.38. The van der Waals surface area contributed by atoms with Gasteiger partial charge in [0.1, 0.15) is 11.6 Å². The molecule has 0 aliphatic rings. The molecule has 0 radical (unpaired) electrons. The summed E-state index contributed by atoms with van der Waals surface area (Å²) in [6.07, 6.45) is 0.780. The molecule has 0 saturated carbocycles. The van der Waals surface area contributed by atoms with Crippen LogP contribution in [0.5, 0.6) is 5.75 Å². The second-order valence-electron chi connectivity index (χ2n) is 6.20. The Bertz CT molecular complexity index is 858. The molecule has 3 nitrogen and oxygen atoms in total. The summed E-state index contributed by atoms with van der Waals surface area (Å²) in [5, 5.41) is 2.25. The Morgan fingerprint density at radius 3 is 2.22 bits per heavy atom. The number of benzene rings is 3. The number of rotatable bonds is 6. The van der Waals surface area contributed by atoms with Gasteiger partial charge in [0, 0.05) is 36.1 Å². The topological polar surface area (TPSA) is 38.5 Å². The van der Waals surface area contributed by atoms with Crippen LogP contribution in [-0.4, -0.2) is 20.7 Å². The molecule has 0 fully saturated rings. The average molecular weight is 411 g/mol. The van der Waals surface area contributed by atoms with E-state index in [1.54, 1.807) is 19.2 Å². The van der Waals surface area contributed by atoms with Crippen molar-refractivity contribution >= 4 is 41.3 Å². The average Bonchev–Trinajstić information content (AvgIpc) is 2.65. The van der Waals surface area contributed by atoms with Gasteiger partial charge in [-0.1, -0.05) is 36.4 Å². The summed E-state index contributed by atoms with van der Waals surface area (Å²) >= 11 is 0. The van der Waals surface area contributed by atoms with Gasteiger partial charge >= 0.3 is 0 Å². The van der Waals surface area contributed by atoms with Crippen LogP contribution in [0.1, 0.15) is 18.0 Å². The van der Waals surface area contributed by atoms with Gasteiger partial charge in [0.25, 0.3) is 0 Å². The van der Waals surface area contributed by atoms with E-state index < -0.39 is 0 Å². The molecular weight excluding hydrogens is 386 g/mol. The fourth-order valence-corrected chi connectivity index (χ4v) is 3.10. The molecule has 3 aromatic carbocycles. The Kier molecular flexibility index (Phi) is 8.83. The molecule has 27 heavy (non-hydrogen) atoms. The normalized spacial score (nSPS) is 11.3. The van der Waals surface area contributed by atoms with Gasteiger partial charge in [-0.25, -0.2) is 4.39 Å². The van der Waals surface area contributed by atoms with E-state index in [1.807, 2.05) is 18.2 Å². The third kappa shape index (κ3) is 5.25. The summed E-state index contributed by atoms with van der Waals surface area (Å²) in [7, 11) is 3.75. The van der Waals surface area contributed by atoms with E-state index in [1.165, 1.54) is 12.1 Å². The van der Waals surface area contributed by atoms with E-state index in [9.17, 15) is 4.39 Å². The maximum Gasteiger partial charge on any atom is 0.126 e.